The molecule has 1 aliphatic heterocycles. The van der Waals surface area contributed by atoms with E-state index in [0.29, 0.717) is 43.9 Å². The van der Waals surface area contributed by atoms with E-state index in [9.17, 15) is 14.4 Å². The fourth-order valence-corrected chi connectivity index (χ4v) is 4.32. The number of nitrogens with zero attached hydrogens (tertiary/aromatic N) is 2. The number of H-pyrrole nitrogens is 1. The van der Waals surface area contributed by atoms with Gasteiger partial charge in [0.1, 0.15) is 6.73 Å². The van der Waals surface area contributed by atoms with Crippen molar-refractivity contribution in [2.24, 2.45) is 5.73 Å². The van der Waals surface area contributed by atoms with Gasteiger partial charge < -0.3 is 30.4 Å². The number of benzene rings is 2. The topological polar surface area (TPSA) is 157 Å². The molecule has 3 heterocycles. The Morgan fingerprint density at radius 1 is 1.02 bits per heavy atom. The zero-order valence-electron chi connectivity index (χ0n) is 24.1. The first-order valence-corrected chi connectivity index (χ1v) is 13.8. The lowest BCUT2D eigenvalue weighted by Crippen LogP contribution is -2.41. The van der Waals surface area contributed by atoms with Crippen molar-refractivity contribution in [3.05, 3.63) is 102 Å². The molecule has 43 heavy (non-hydrogen) atoms. The van der Waals surface area contributed by atoms with Crippen LogP contribution in [0.4, 0.5) is 0 Å². The van der Waals surface area contributed by atoms with Crippen LogP contribution in [0.25, 0.3) is 10.9 Å². The summed E-state index contributed by atoms with van der Waals surface area (Å²) in [6.45, 7) is 4.51. The molecule has 2 aromatic heterocycles. The first-order valence-electron chi connectivity index (χ1n) is 13.8. The summed E-state index contributed by atoms with van der Waals surface area (Å²) < 4.78 is 11.0. The van der Waals surface area contributed by atoms with Crippen LogP contribution in [0, 0.1) is 0 Å². The third kappa shape index (κ3) is 10.5. The van der Waals surface area contributed by atoms with Crippen LogP contribution < -0.4 is 11.1 Å². The number of aromatic nitrogens is 2. The summed E-state index contributed by atoms with van der Waals surface area (Å²) in [5.74, 6) is 0.00190. The Bertz CT molecular complexity index is 1410. The number of amides is 3. The van der Waals surface area contributed by atoms with Crippen LogP contribution in [0.15, 0.2) is 79.1 Å². The molecular formula is C32H37N5O6. The molecule has 226 valence electrons. The second-order valence-electron chi connectivity index (χ2n) is 9.61. The fourth-order valence-electron chi connectivity index (χ4n) is 4.32. The van der Waals surface area contributed by atoms with Crippen LogP contribution in [0.1, 0.15) is 40.5 Å². The van der Waals surface area contributed by atoms with E-state index in [4.69, 9.17) is 14.3 Å². The predicted octanol–water partition coefficient (Wildman–Crippen LogP) is 2.98. The normalized spacial score (nSPS) is 14.8. The second-order valence-corrected chi connectivity index (χ2v) is 9.61. The van der Waals surface area contributed by atoms with Gasteiger partial charge in [-0.3, -0.25) is 24.2 Å². The molecule has 1 saturated heterocycles. The first kappa shape index (κ1) is 32.6. The van der Waals surface area contributed by atoms with E-state index in [2.05, 4.69) is 21.0 Å². The average Bonchev–Trinajstić information content (AvgIpc) is 3.49. The Balaban J connectivity index is 0.000000262. The van der Waals surface area contributed by atoms with Crippen molar-refractivity contribution >= 4 is 35.4 Å². The summed E-state index contributed by atoms with van der Waals surface area (Å²) in [7, 11) is 0. The van der Waals surface area contributed by atoms with E-state index in [1.807, 2.05) is 49.4 Å². The van der Waals surface area contributed by atoms with Gasteiger partial charge in [0, 0.05) is 52.8 Å². The molecule has 1 unspecified atom stereocenters. The van der Waals surface area contributed by atoms with E-state index < -0.39 is 0 Å². The van der Waals surface area contributed by atoms with Gasteiger partial charge in [-0.1, -0.05) is 54.6 Å². The van der Waals surface area contributed by atoms with Crippen LogP contribution in [0.3, 0.4) is 0 Å². The number of primary amides is 1. The average molecular weight is 588 g/mol. The largest absolute Gasteiger partial charge is 0.379 e. The van der Waals surface area contributed by atoms with Gasteiger partial charge in [-0.2, -0.15) is 0 Å². The Labute approximate surface area is 250 Å². The molecule has 11 nitrogen and oxygen atoms in total. The quantitative estimate of drug-likeness (QED) is 0.222. The highest BCUT2D eigenvalue weighted by Gasteiger charge is 2.21. The minimum atomic E-state index is -0.0180. The van der Waals surface area contributed by atoms with Crippen molar-refractivity contribution in [3.63, 3.8) is 0 Å². The van der Waals surface area contributed by atoms with Crippen molar-refractivity contribution < 1.29 is 28.7 Å². The maximum absolute atomic E-state index is 12.7. The molecule has 4 aromatic rings. The van der Waals surface area contributed by atoms with Crippen molar-refractivity contribution in [2.75, 3.05) is 26.6 Å². The molecule has 2 aromatic carbocycles. The number of carbonyl (C=O) groups is 4. The molecule has 0 bridgehead atoms. The maximum atomic E-state index is 12.7. The molecule has 1 atom stereocenters. The lowest BCUT2D eigenvalue weighted by molar-refractivity contribution is -0.138. The third-order valence-corrected chi connectivity index (χ3v) is 6.59. The molecule has 0 saturated carbocycles. The number of carbonyl (C=O) groups excluding carboxylic acids is 4. The van der Waals surface area contributed by atoms with Crippen molar-refractivity contribution in [1.29, 1.82) is 0 Å². The van der Waals surface area contributed by atoms with Gasteiger partial charge >= 0.3 is 0 Å². The summed E-state index contributed by atoms with van der Waals surface area (Å²) in [5, 5.41) is 3.65. The predicted molar refractivity (Wildman–Crippen MR) is 162 cm³/mol. The number of aromatic amines is 1. The summed E-state index contributed by atoms with van der Waals surface area (Å²) in [5.41, 5.74) is 8.35. The zero-order valence-corrected chi connectivity index (χ0v) is 24.1. The van der Waals surface area contributed by atoms with Gasteiger partial charge in [0.2, 0.25) is 18.7 Å². The van der Waals surface area contributed by atoms with Crippen molar-refractivity contribution in [3.8, 4) is 0 Å². The van der Waals surface area contributed by atoms with Crippen LogP contribution in [-0.2, 0) is 36.8 Å². The van der Waals surface area contributed by atoms with Gasteiger partial charge in [0.25, 0.3) is 0 Å². The Hall–Kier alpha value is -4.87. The number of ether oxygens (including phenoxy) is 2. The van der Waals surface area contributed by atoms with Gasteiger partial charge in [0.05, 0.1) is 26.2 Å². The number of nitrogens with one attached hydrogen (secondary N) is 2. The summed E-state index contributed by atoms with van der Waals surface area (Å²) in [4.78, 5) is 52.8. The smallest absolute Gasteiger partial charge is 0.229 e. The minimum Gasteiger partial charge on any atom is -0.379 e. The number of fused-ring (bicyclic) bond motifs is 1. The van der Waals surface area contributed by atoms with Gasteiger partial charge in [-0.25, -0.2) is 0 Å². The second kappa shape index (κ2) is 17.8. The third-order valence-electron chi connectivity index (χ3n) is 6.59. The number of hydrogen-bond acceptors (Lipinski definition) is 7. The fraction of sp³-hybridized carbons (Fsp3) is 0.281. The summed E-state index contributed by atoms with van der Waals surface area (Å²) in [6.07, 6.45) is 5.53. The Kier molecular flexibility index (Phi) is 13.5. The van der Waals surface area contributed by atoms with Gasteiger partial charge in [-0.15, -0.1) is 0 Å². The maximum Gasteiger partial charge on any atom is 0.229 e. The number of nitrogens with two attached hydrogens (primary N) is 1. The zero-order chi connectivity index (χ0) is 30.9. The number of hydrogen-bond donors (Lipinski definition) is 3. The Morgan fingerprint density at radius 3 is 2.42 bits per heavy atom. The SMILES string of the molecule is CC1CCOCCOCN1C(=O)Cc1ccc(C(=O)c2ccccc2)cc1.NC=O.O=CNCc1cc2cnccc2[nH]1. The molecule has 3 amide bonds. The Morgan fingerprint density at radius 2 is 1.72 bits per heavy atom. The molecule has 0 radical (unpaired) electrons. The minimum absolute atomic E-state index is 0.0180. The standard InChI is InChI=1S/C22H25NO4.C9H9N3O.CH3NO/c1-17-11-12-26-13-14-27-16-23(17)21(24)15-18-7-9-20(10-8-18)22(25)19-5-3-2-4-6-19;13-6-11-5-8-3-7-4-10-2-1-9(7)12-8;2-1-3/h2-10,17H,11-16H2,1H3;1-4,6,12H,5H2,(H,11,13);1H,(H2,2,3). The molecule has 11 heteroatoms. The summed E-state index contributed by atoms with van der Waals surface area (Å²) >= 11 is 0. The summed E-state index contributed by atoms with van der Waals surface area (Å²) in [6, 6.07) is 20.4. The lowest BCUT2D eigenvalue weighted by Gasteiger charge is -2.28. The molecule has 1 fully saturated rings. The van der Waals surface area contributed by atoms with Gasteiger partial charge in [0.15, 0.2) is 5.78 Å². The monoisotopic (exact) mass is 587 g/mol. The highest BCUT2D eigenvalue weighted by molar-refractivity contribution is 6.09. The van der Waals surface area contributed by atoms with E-state index in [-0.39, 0.29) is 37.3 Å². The number of ketones is 1. The van der Waals surface area contributed by atoms with Crippen LogP contribution >= 0.6 is 0 Å². The number of pyridine rings is 1. The van der Waals surface area contributed by atoms with E-state index in [0.717, 1.165) is 28.6 Å². The van der Waals surface area contributed by atoms with Crippen LogP contribution in [-0.4, -0.2) is 72.0 Å². The van der Waals surface area contributed by atoms with Gasteiger partial charge in [-0.05, 0) is 31.0 Å². The van der Waals surface area contributed by atoms with Crippen molar-refractivity contribution in [2.45, 2.75) is 32.4 Å². The first-order chi connectivity index (χ1) is 21.0. The molecule has 4 N–H and O–H groups in total. The van der Waals surface area contributed by atoms with Crippen LogP contribution in [0.2, 0.25) is 0 Å². The molecule has 5 rings (SSSR count). The molecule has 1 aliphatic rings. The van der Waals surface area contributed by atoms with Crippen molar-refractivity contribution in [1.82, 2.24) is 20.2 Å². The van der Waals surface area contributed by atoms with Crippen LogP contribution in [0.5, 0.6) is 0 Å². The molecular weight excluding hydrogens is 550 g/mol. The van der Waals surface area contributed by atoms with E-state index in [1.165, 1.54) is 0 Å². The highest BCUT2D eigenvalue weighted by atomic mass is 16.5. The molecule has 0 aliphatic carbocycles. The lowest BCUT2D eigenvalue weighted by atomic mass is 10.0. The van der Waals surface area contributed by atoms with E-state index in [1.54, 1.807) is 41.6 Å². The highest BCUT2D eigenvalue weighted by Crippen LogP contribution is 2.15. The van der Waals surface area contributed by atoms with E-state index >= 15 is 0 Å². The molecule has 0 spiro atoms. The number of rotatable bonds is 7.